The van der Waals surface area contributed by atoms with Crippen LogP contribution in [0.5, 0.6) is 0 Å². The fourth-order valence-electron chi connectivity index (χ4n) is 3.41. The molecule has 1 aromatic carbocycles. The first-order chi connectivity index (χ1) is 15.3. The Labute approximate surface area is 180 Å². The molecule has 0 amide bonds. The molecule has 0 aliphatic rings. The average molecular weight is 401 g/mol. The van der Waals surface area contributed by atoms with Gasteiger partial charge in [0.05, 0.1) is 5.52 Å². The van der Waals surface area contributed by atoms with Gasteiger partial charge in [-0.3, -0.25) is 9.67 Å². The summed E-state index contributed by atoms with van der Waals surface area (Å²) in [6.45, 7) is 2.87. The maximum atomic E-state index is 4.74. The van der Waals surface area contributed by atoms with Gasteiger partial charge in [0.1, 0.15) is 17.1 Å². The van der Waals surface area contributed by atoms with Crippen molar-refractivity contribution in [1.82, 2.24) is 24.7 Å². The van der Waals surface area contributed by atoms with Crippen molar-refractivity contribution in [3.8, 4) is 34.2 Å². The van der Waals surface area contributed by atoms with E-state index >= 15 is 0 Å². The number of nitrogens with zero attached hydrogens (tertiary/aromatic N) is 5. The number of benzene rings is 1. The Morgan fingerprint density at radius 2 is 1.65 bits per heavy atom. The van der Waals surface area contributed by atoms with Crippen molar-refractivity contribution in [1.29, 1.82) is 0 Å². The van der Waals surface area contributed by atoms with Gasteiger partial charge in [0.2, 0.25) is 0 Å². The lowest BCUT2D eigenvalue weighted by atomic mass is 10.0. The predicted molar refractivity (Wildman–Crippen MR) is 122 cm³/mol. The highest BCUT2D eigenvalue weighted by Gasteiger charge is 2.13. The van der Waals surface area contributed by atoms with Gasteiger partial charge in [-0.25, -0.2) is 9.97 Å². The highest BCUT2D eigenvalue weighted by molar-refractivity contribution is 5.80. The molecule has 0 saturated carbocycles. The van der Waals surface area contributed by atoms with E-state index in [0.717, 1.165) is 45.5 Å². The fourth-order valence-corrected chi connectivity index (χ4v) is 3.41. The molecule has 0 N–H and O–H groups in total. The number of pyridine rings is 3. The van der Waals surface area contributed by atoms with Crippen molar-refractivity contribution in [2.24, 2.45) is 0 Å². The van der Waals surface area contributed by atoms with Gasteiger partial charge >= 0.3 is 0 Å². The van der Waals surface area contributed by atoms with Crippen LogP contribution in [0, 0.1) is 11.8 Å². The van der Waals surface area contributed by atoms with Crippen LogP contribution in [0.1, 0.15) is 18.3 Å². The Bertz CT molecular complexity index is 1410. The van der Waals surface area contributed by atoms with Crippen LogP contribution in [0.15, 0.2) is 85.5 Å². The number of hydrogen-bond donors (Lipinski definition) is 0. The van der Waals surface area contributed by atoms with Crippen molar-refractivity contribution in [3.05, 3.63) is 96.8 Å². The first-order valence-corrected chi connectivity index (χ1v) is 10.1. The zero-order valence-corrected chi connectivity index (χ0v) is 17.0. The maximum absolute atomic E-state index is 4.74. The molecule has 5 rings (SSSR count). The van der Waals surface area contributed by atoms with Crippen molar-refractivity contribution in [2.75, 3.05) is 0 Å². The number of fused-ring (bicyclic) bond motifs is 1. The van der Waals surface area contributed by atoms with Gasteiger partial charge in [-0.2, -0.15) is 5.10 Å². The van der Waals surface area contributed by atoms with Crippen LogP contribution in [0.25, 0.3) is 33.3 Å². The fraction of sp³-hybridized carbons (Fsp3) is 0.0769. The third kappa shape index (κ3) is 3.92. The quantitative estimate of drug-likeness (QED) is 0.400. The van der Waals surface area contributed by atoms with Gasteiger partial charge in [0.25, 0.3) is 0 Å². The summed E-state index contributed by atoms with van der Waals surface area (Å²) in [5.74, 6) is 6.22. The molecule has 148 valence electrons. The molecule has 0 aliphatic heterocycles. The van der Waals surface area contributed by atoms with E-state index in [1.165, 1.54) is 0 Å². The number of aryl methyl sites for hydroxylation is 1. The first kappa shape index (κ1) is 18.7. The topological polar surface area (TPSA) is 56.5 Å². The molecule has 5 heteroatoms. The minimum absolute atomic E-state index is 0.694. The molecule has 5 aromatic rings. The van der Waals surface area contributed by atoms with Crippen LogP contribution in [0.3, 0.4) is 0 Å². The van der Waals surface area contributed by atoms with Gasteiger partial charge in [-0.1, -0.05) is 24.3 Å². The molecule has 0 atom stereocenters. The number of hydrogen-bond acceptors (Lipinski definition) is 4. The van der Waals surface area contributed by atoms with Crippen LogP contribution in [-0.4, -0.2) is 24.7 Å². The Hall–Kier alpha value is -4.30. The molecule has 0 bridgehead atoms. The number of para-hydroxylation sites is 1. The summed E-state index contributed by atoms with van der Waals surface area (Å²) >= 11 is 0. The van der Waals surface area contributed by atoms with Crippen molar-refractivity contribution in [3.63, 3.8) is 0 Å². The van der Waals surface area contributed by atoms with E-state index < -0.39 is 0 Å². The zero-order valence-electron chi connectivity index (χ0n) is 17.0. The van der Waals surface area contributed by atoms with E-state index in [1.807, 2.05) is 71.5 Å². The van der Waals surface area contributed by atoms with Crippen LogP contribution >= 0.6 is 0 Å². The molecule has 4 aromatic heterocycles. The van der Waals surface area contributed by atoms with Crippen molar-refractivity contribution < 1.29 is 0 Å². The van der Waals surface area contributed by atoms with E-state index in [9.17, 15) is 0 Å². The summed E-state index contributed by atoms with van der Waals surface area (Å²) in [7, 11) is 0. The zero-order chi connectivity index (χ0) is 21.0. The van der Waals surface area contributed by atoms with Crippen molar-refractivity contribution >= 4 is 10.9 Å². The summed E-state index contributed by atoms with van der Waals surface area (Å²) < 4.78 is 1.93. The van der Waals surface area contributed by atoms with Gasteiger partial charge < -0.3 is 0 Å². The Morgan fingerprint density at radius 3 is 2.45 bits per heavy atom. The first-order valence-electron chi connectivity index (χ1n) is 10.1. The molecule has 0 fully saturated rings. The number of aromatic nitrogens is 5. The second-order valence-electron chi connectivity index (χ2n) is 7.05. The third-order valence-corrected chi connectivity index (χ3v) is 5.03. The van der Waals surface area contributed by atoms with Gasteiger partial charge in [-0.15, -0.1) is 0 Å². The second kappa shape index (κ2) is 8.21. The smallest absolute Gasteiger partial charge is 0.114 e. The monoisotopic (exact) mass is 401 g/mol. The molecule has 0 spiro atoms. The third-order valence-electron chi connectivity index (χ3n) is 5.03. The Kier molecular flexibility index (Phi) is 4.96. The van der Waals surface area contributed by atoms with Crippen LogP contribution < -0.4 is 0 Å². The highest BCUT2D eigenvalue weighted by atomic mass is 15.3. The average Bonchev–Trinajstić information content (AvgIpc) is 3.28. The molecule has 5 nitrogen and oxygen atoms in total. The molecule has 0 unspecified atom stereocenters. The second-order valence-corrected chi connectivity index (χ2v) is 7.05. The molecular formula is C26H19N5. The highest BCUT2D eigenvalue weighted by Crippen LogP contribution is 2.30. The summed E-state index contributed by atoms with van der Waals surface area (Å²) in [6, 6.07) is 19.9. The van der Waals surface area contributed by atoms with Gasteiger partial charge in [-0.05, 0) is 60.7 Å². The SMILES string of the molecule is CCn1cc(-c2ccncc2)c(-c2ccc(C#Cc3ccc4ccccc4n3)nc2)n1. The van der Waals surface area contributed by atoms with E-state index in [1.54, 1.807) is 12.4 Å². The van der Waals surface area contributed by atoms with Gasteiger partial charge in [0.15, 0.2) is 0 Å². The predicted octanol–water partition coefficient (Wildman–Crippen LogP) is 4.98. The van der Waals surface area contributed by atoms with Crippen LogP contribution in [-0.2, 0) is 6.54 Å². The largest absolute Gasteiger partial charge is 0.272 e. The molecule has 0 radical (unpaired) electrons. The van der Waals surface area contributed by atoms with E-state index in [-0.39, 0.29) is 0 Å². The molecule has 31 heavy (non-hydrogen) atoms. The maximum Gasteiger partial charge on any atom is 0.114 e. The lowest BCUT2D eigenvalue weighted by molar-refractivity contribution is 0.662. The standard InChI is InChI=1S/C26H19N5/c1-2-31-18-24(19-13-15-27-16-14-19)26(30-31)21-8-9-22(28-17-21)11-12-23-10-7-20-5-3-4-6-25(20)29-23/h3-10,13-18H,2H2,1H3. The van der Waals surface area contributed by atoms with E-state index in [0.29, 0.717) is 5.69 Å². The van der Waals surface area contributed by atoms with E-state index in [2.05, 4.69) is 39.9 Å². The normalized spacial score (nSPS) is 10.6. The van der Waals surface area contributed by atoms with Crippen LogP contribution in [0.2, 0.25) is 0 Å². The minimum Gasteiger partial charge on any atom is -0.272 e. The Balaban J connectivity index is 1.45. The summed E-state index contributed by atoms with van der Waals surface area (Å²) in [5.41, 5.74) is 6.35. The molecule has 0 aliphatic carbocycles. The molecule has 0 saturated heterocycles. The van der Waals surface area contributed by atoms with Crippen molar-refractivity contribution in [2.45, 2.75) is 13.5 Å². The molecular weight excluding hydrogens is 382 g/mol. The van der Waals surface area contributed by atoms with Gasteiger partial charge in [0, 0.05) is 47.8 Å². The lowest BCUT2D eigenvalue weighted by Gasteiger charge is -2.02. The Morgan fingerprint density at radius 1 is 0.839 bits per heavy atom. The minimum atomic E-state index is 0.694. The van der Waals surface area contributed by atoms with Crippen LogP contribution in [0.4, 0.5) is 0 Å². The summed E-state index contributed by atoms with van der Waals surface area (Å²) in [4.78, 5) is 13.2. The summed E-state index contributed by atoms with van der Waals surface area (Å²) in [5, 5.41) is 5.84. The summed E-state index contributed by atoms with van der Waals surface area (Å²) in [6.07, 6.45) is 7.47. The molecule has 4 heterocycles. The lowest BCUT2D eigenvalue weighted by Crippen LogP contribution is -1.94. The van der Waals surface area contributed by atoms with E-state index in [4.69, 9.17) is 5.10 Å². The number of rotatable bonds is 3.